The second kappa shape index (κ2) is 6.63. The molecule has 0 spiro atoms. The lowest BCUT2D eigenvalue weighted by Gasteiger charge is -2.43. The molecule has 3 heterocycles. The quantitative estimate of drug-likeness (QED) is 0.898. The average Bonchev–Trinajstić information content (AvgIpc) is 2.92. The van der Waals surface area contributed by atoms with Crippen molar-refractivity contribution in [3.63, 3.8) is 0 Å². The van der Waals surface area contributed by atoms with Crippen LogP contribution < -0.4 is 4.90 Å². The summed E-state index contributed by atoms with van der Waals surface area (Å²) < 4.78 is 1.88. The molecule has 7 heteroatoms. The Labute approximate surface area is 154 Å². The molecule has 26 heavy (non-hydrogen) atoms. The maximum atomic E-state index is 10.4. The van der Waals surface area contributed by atoms with Crippen LogP contribution in [0.1, 0.15) is 36.5 Å². The molecule has 0 unspecified atom stereocenters. The van der Waals surface area contributed by atoms with Crippen molar-refractivity contribution in [2.24, 2.45) is 0 Å². The van der Waals surface area contributed by atoms with E-state index in [1.165, 1.54) is 0 Å². The minimum absolute atomic E-state index is 0.434. The number of anilines is 1. The summed E-state index contributed by atoms with van der Waals surface area (Å²) in [5.41, 5.74) is 1.63. The zero-order valence-corrected chi connectivity index (χ0v) is 15.9. The summed E-state index contributed by atoms with van der Waals surface area (Å²) in [5, 5.41) is 14.9. The van der Waals surface area contributed by atoms with Gasteiger partial charge in [0.2, 0.25) is 0 Å². The largest absolute Gasteiger partial charge is 0.389 e. The van der Waals surface area contributed by atoms with Crippen LogP contribution in [0.15, 0.2) is 12.1 Å². The highest BCUT2D eigenvalue weighted by Crippen LogP contribution is 2.32. The molecule has 0 atom stereocenters. The zero-order valence-electron chi connectivity index (χ0n) is 15.9. The van der Waals surface area contributed by atoms with Gasteiger partial charge in [-0.15, -0.1) is 0 Å². The van der Waals surface area contributed by atoms with Gasteiger partial charge < -0.3 is 10.0 Å². The Morgan fingerprint density at radius 1 is 1.00 bits per heavy atom. The van der Waals surface area contributed by atoms with Crippen molar-refractivity contribution >= 4 is 5.82 Å². The van der Waals surface area contributed by atoms with E-state index in [2.05, 4.69) is 30.9 Å². The summed E-state index contributed by atoms with van der Waals surface area (Å²) in [5.74, 6) is 2.54. The molecule has 0 aromatic carbocycles. The van der Waals surface area contributed by atoms with Gasteiger partial charge in [-0.3, -0.25) is 4.90 Å². The van der Waals surface area contributed by atoms with Gasteiger partial charge in [-0.1, -0.05) is 0 Å². The van der Waals surface area contributed by atoms with Crippen LogP contribution in [0.4, 0.5) is 5.82 Å². The minimum Gasteiger partial charge on any atom is -0.389 e. The number of hydrogen-bond acceptors (Lipinski definition) is 6. The molecule has 0 bridgehead atoms. The number of aliphatic hydroxyl groups is 1. The molecule has 2 aliphatic rings. The number of β-amino-alcohol motifs (C(OH)–C–C–N with tert-alkyl or cyclic N) is 1. The van der Waals surface area contributed by atoms with Gasteiger partial charge in [0.25, 0.3) is 0 Å². The van der Waals surface area contributed by atoms with Crippen molar-refractivity contribution in [1.29, 1.82) is 0 Å². The number of aryl methyl sites for hydroxylation is 3. The predicted octanol–water partition coefficient (Wildman–Crippen LogP) is 1.62. The van der Waals surface area contributed by atoms with Crippen LogP contribution in [0.2, 0.25) is 0 Å². The van der Waals surface area contributed by atoms with E-state index in [0.717, 1.165) is 80.8 Å². The first-order valence-corrected chi connectivity index (χ1v) is 9.51. The molecular weight excluding hydrogens is 328 g/mol. The lowest BCUT2D eigenvalue weighted by atomic mass is 9.80. The average molecular weight is 356 g/mol. The van der Waals surface area contributed by atoms with Crippen LogP contribution in [0, 0.1) is 20.8 Å². The first-order chi connectivity index (χ1) is 12.4. The Bertz CT molecular complexity index is 789. The van der Waals surface area contributed by atoms with E-state index in [-0.39, 0.29) is 0 Å². The molecule has 2 aromatic heterocycles. The molecule has 1 saturated carbocycles. The van der Waals surface area contributed by atoms with Crippen molar-refractivity contribution in [2.45, 2.75) is 45.6 Å². The van der Waals surface area contributed by atoms with Gasteiger partial charge >= 0.3 is 0 Å². The van der Waals surface area contributed by atoms with E-state index in [0.29, 0.717) is 0 Å². The molecule has 4 rings (SSSR count). The molecule has 1 aliphatic heterocycles. The highest BCUT2D eigenvalue weighted by molar-refractivity contribution is 5.45. The molecular formula is C19H28N6O. The Kier molecular flexibility index (Phi) is 4.44. The van der Waals surface area contributed by atoms with E-state index < -0.39 is 5.60 Å². The third kappa shape index (κ3) is 3.46. The van der Waals surface area contributed by atoms with Gasteiger partial charge in [-0.2, -0.15) is 5.10 Å². The summed E-state index contributed by atoms with van der Waals surface area (Å²) >= 11 is 0. The van der Waals surface area contributed by atoms with Crippen LogP contribution in [-0.2, 0) is 0 Å². The molecule has 7 nitrogen and oxygen atoms in total. The van der Waals surface area contributed by atoms with Gasteiger partial charge in [0.15, 0.2) is 5.82 Å². The third-order valence-corrected chi connectivity index (χ3v) is 5.54. The zero-order chi connectivity index (χ0) is 18.3. The maximum Gasteiger partial charge on any atom is 0.159 e. The fourth-order valence-electron chi connectivity index (χ4n) is 3.96. The van der Waals surface area contributed by atoms with Crippen molar-refractivity contribution < 1.29 is 5.11 Å². The lowest BCUT2D eigenvalue weighted by molar-refractivity contribution is -0.0594. The highest BCUT2D eigenvalue weighted by Gasteiger charge is 2.36. The van der Waals surface area contributed by atoms with Gasteiger partial charge in [0, 0.05) is 44.5 Å². The van der Waals surface area contributed by atoms with Crippen LogP contribution >= 0.6 is 0 Å². The SMILES string of the molecule is Cc1cc(C)n(-c2cc(N3CCN(CC4(O)CCC4)CC3)nc(C)n2)n1. The third-order valence-electron chi connectivity index (χ3n) is 5.54. The Balaban J connectivity index is 1.47. The number of nitrogens with zero attached hydrogens (tertiary/aromatic N) is 6. The van der Waals surface area contributed by atoms with Crippen molar-refractivity contribution in [3.8, 4) is 5.82 Å². The fourth-order valence-corrected chi connectivity index (χ4v) is 3.96. The topological polar surface area (TPSA) is 70.3 Å². The molecule has 2 fully saturated rings. The molecule has 0 amide bonds. The first-order valence-electron chi connectivity index (χ1n) is 9.51. The number of aromatic nitrogens is 4. The normalized spacial score (nSPS) is 20.2. The van der Waals surface area contributed by atoms with Crippen LogP contribution in [0.25, 0.3) is 5.82 Å². The smallest absolute Gasteiger partial charge is 0.159 e. The van der Waals surface area contributed by atoms with Gasteiger partial charge in [0.1, 0.15) is 11.6 Å². The standard InChI is InChI=1S/C19H28N6O/c1-14-11-15(2)25(22-14)18-12-17(20-16(3)21-18)24-9-7-23(8-10-24)13-19(26)5-4-6-19/h11-12,26H,4-10,13H2,1-3H3. The summed E-state index contributed by atoms with van der Waals surface area (Å²) in [4.78, 5) is 13.9. The maximum absolute atomic E-state index is 10.4. The summed E-state index contributed by atoms with van der Waals surface area (Å²) in [6, 6.07) is 4.09. The molecule has 0 radical (unpaired) electrons. The van der Waals surface area contributed by atoms with E-state index in [9.17, 15) is 5.11 Å². The Morgan fingerprint density at radius 3 is 2.27 bits per heavy atom. The van der Waals surface area contributed by atoms with Gasteiger partial charge in [0.05, 0.1) is 11.3 Å². The van der Waals surface area contributed by atoms with Crippen LogP contribution in [-0.4, -0.2) is 68.1 Å². The number of hydrogen-bond donors (Lipinski definition) is 1. The minimum atomic E-state index is -0.434. The second-order valence-electron chi connectivity index (χ2n) is 7.81. The number of rotatable bonds is 4. The Hall–Kier alpha value is -1.99. The number of piperazine rings is 1. The molecule has 140 valence electrons. The van der Waals surface area contributed by atoms with E-state index in [4.69, 9.17) is 0 Å². The monoisotopic (exact) mass is 356 g/mol. The van der Waals surface area contributed by atoms with Crippen LogP contribution in [0.3, 0.4) is 0 Å². The van der Waals surface area contributed by atoms with Gasteiger partial charge in [-0.05, 0) is 46.1 Å². The van der Waals surface area contributed by atoms with E-state index in [1.54, 1.807) is 0 Å². The summed E-state index contributed by atoms with van der Waals surface area (Å²) in [6.07, 6.45) is 3.06. The molecule has 1 aliphatic carbocycles. The summed E-state index contributed by atoms with van der Waals surface area (Å²) in [6.45, 7) is 10.5. The van der Waals surface area contributed by atoms with Crippen molar-refractivity contribution in [1.82, 2.24) is 24.6 Å². The molecule has 1 N–H and O–H groups in total. The van der Waals surface area contributed by atoms with E-state index >= 15 is 0 Å². The Morgan fingerprint density at radius 2 is 1.69 bits per heavy atom. The molecule has 1 saturated heterocycles. The van der Waals surface area contributed by atoms with Crippen LogP contribution in [0.5, 0.6) is 0 Å². The van der Waals surface area contributed by atoms with Crippen molar-refractivity contribution in [2.75, 3.05) is 37.6 Å². The first kappa shape index (κ1) is 17.4. The highest BCUT2D eigenvalue weighted by atomic mass is 16.3. The lowest BCUT2D eigenvalue weighted by Crippen LogP contribution is -2.54. The second-order valence-corrected chi connectivity index (χ2v) is 7.81. The van der Waals surface area contributed by atoms with Gasteiger partial charge in [-0.25, -0.2) is 14.6 Å². The fraction of sp³-hybridized carbons (Fsp3) is 0.632. The summed E-state index contributed by atoms with van der Waals surface area (Å²) in [7, 11) is 0. The molecule has 2 aromatic rings. The van der Waals surface area contributed by atoms with E-state index in [1.807, 2.05) is 31.5 Å². The predicted molar refractivity (Wildman–Crippen MR) is 101 cm³/mol. The van der Waals surface area contributed by atoms with Crippen molar-refractivity contribution in [3.05, 3.63) is 29.3 Å².